The maximum absolute atomic E-state index is 11.6. The van der Waals surface area contributed by atoms with Crippen molar-refractivity contribution in [3.05, 3.63) is 60.3 Å². The number of methoxy groups -OCH3 is 1. The molecule has 0 saturated carbocycles. The van der Waals surface area contributed by atoms with Crippen LogP contribution in [0.25, 0.3) is 22.0 Å². The molecule has 4 nitrogen and oxygen atoms in total. The summed E-state index contributed by atoms with van der Waals surface area (Å²) < 4.78 is 24.4. The normalized spacial score (nSPS) is 13.7. The molecule has 0 radical (unpaired) electrons. The van der Waals surface area contributed by atoms with Gasteiger partial charge in [-0.2, -0.15) is 0 Å². The molecule has 5 heteroatoms. The molecule has 0 bridgehead atoms. The maximum Gasteiger partial charge on any atom is 0.121 e. The SMILES string of the molecule is COc1ccc2c(-c3ccc(CS(C)(=N)=O)cc3)ccnc2c1. The largest absolute Gasteiger partial charge is 0.497 e. The van der Waals surface area contributed by atoms with Crippen LogP contribution in [0.2, 0.25) is 0 Å². The van der Waals surface area contributed by atoms with Crippen LogP contribution < -0.4 is 4.74 Å². The average molecular weight is 326 g/mol. The first kappa shape index (κ1) is 15.5. The lowest BCUT2D eigenvalue weighted by Gasteiger charge is -2.09. The van der Waals surface area contributed by atoms with E-state index in [-0.39, 0.29) is 5.75 Å². The summed E-state index contributed by atoms with van der Waals surface area (Å²) in [5.41, 5.74) is 3.95. The molecule has 118 valence electrons. The second-order valence-corrected chi connectivity index (χ2v) is 7.89. The molecule has 2 aromatic carbocycles. The first-order valence-electron chi connectivity index (χ1n) is 7.20. The van der Waals surface area contributed by atoms with E-state index in [9.17, 15) is 4.21 Å². The van der Waals surface area contributed by atoms with Crippen LogP contribution in [0.1, 0.15) is 5.56 Å². The van der Waals surface area contributed by atoms with Crippen LogP contribution in [0.15, 0.2) is 54.7 Å². The van der Waals surface area contributed by atoms with Crippen molar-refractivity contribution in [2.75, 3.05) is 13.4 Å². The Balaban J connectivity index is 2.03. The highest BCUT2D eigenvalue weighted by Crippen LogP contribution is 2.29. The molecule has 0 spiro atoms. The van der Waals surface area contributed by atoms with Gasteiger partial charge in [-0.25, -0.2) is 4.21 Å². The fourth-order valence-electron chi connectivity index (χ4n) is 2.61. The quantitative estimate of drug-likeness (QED) is 0.785. The number of fused-ring (bicyclic) bond motifs is 1. The molecule has 1 heterocycles. The molecular weight excluding hydrogens is 308 g/mol. The third-order valence-corrected chi connectivity index (χ3v) is 4.54. The Morgan fingerprint density at radius 1 is 1.13 bits per heavy atom. The fraction of sp³-hybridized carbons (Fsp3) is 0.167. The molecule has 0 fully saturated rings. The van der Waals surface area contributed by atoms with Crippen molar-refractivity contribution in [3.8, 4) is 16.9 Å². The van der Waals surface area contributed by atoms with Gasteiger partial charge in [0.2, 0.25) is 0 Å². The van der Waals surface area contributed by atoms with Crippen molar-refractivity contribution in [1.82, 2.24) is 4.98 Å². The van der Waals surface area contributed by atoms with Gasteiger partial charge in [-0.05, 0) is 34.9 Å². The highest BCUT2D eigenvalue weighted by Gasteiger charge is 2.07. The number of hydrogen-bond donors (Lipinski definition) is 1. The molecule has 3 rings (SSSR count). The van der Waals surface area contributed by atoms with Crippen LogP contribution >= 0.6 is 0 Å². The molecule has 1 aromatic heterocycles. The predicted molar refractivity (Wildman–Crippen MR) is 94.2 cm³/mol. The molecule has 1 unspecified atom stereocenters. The van der Waals surface area contributed by atoms with Gasteiger partial charge in [0, 0.05) is 33.6 Å². The first-order valence-corrected chi connectivity index (χ1v) is 9.33. The number of rotatable bonds is 4. The van der Waals surface area contributed by atoms with Gasteiger partial charge in [0.25, 0.3) is 0 Å². The zero-order valence-electron chi connectivity index (χ0n) is 13.1. The van der Waals surface area contributed by atoms with Crippen molar-refractivity contribution in [2.24, 2.45) is 0 Å². The van der Waals surface area contributed by atoms with Crippen molar-refractivity contribution in [1.29, 1.82) is 4.78 Å². The van der Waals surface area contributed by atoms with Crippen LogP contribution in [-0.2, 0) is 15.5 Å². The highest BCUT2D eigenvalue weighted by atomic mass is 32.2. The predicted octanol–water partition coefficient (Wildman–Crippen LogP) is 4.09. The molecule has 3 aromatic rings. The van der Waals surface area contributed by atoms with Gasteiger partial charge in [0.1, 0.15) is 5.75 Å². The van der Waals surface area contributed by atoms with Crippen molar-refractivity contribution >= 4 is 20.6 Å². The number of aromatic nitrogens is 1. The molecule has 1 N–H and O–H groups in total. The van der Waals surface area contributed by atoms with Crippen LogP contribution in [-0.4, -0.2) is 22.6 Å². The summed E-state index contributed by atoms with van der Waals surface area (Å²) in [4.78, 5) is 4.40. The summed E-state index contributed by atoms with van der Waals surface area (Å²) in [6.07, 6.45) is 3.25. The zero-order chi connectivity index (χ0) is 16.4. The number of ether oxygens (including phenoxy) is 1. The van der Waals surface area contributed by atoms with Gasteiger partial charge in [0.15, 0.2) is 0 Å². The first-order chi connectivity index (χ1) is 11.0. The van der Waals surface area contributed by atoms with E-state index < -0.39 is 9.73 Å². The summed E-state index contributed by atoms with van der Waals surface area (Å²) in [5, 5.41) is 1.06. The van der Waals surface area contributed by atoms with Crippen LogP contribution in [0.3, 0.4) is 0 Å². The lowest BCUT2D eigenvalue weighted by atomic mass is 10.0. The lowest BCUT2D eigenvalue weighted by Crippen LogP contribution is -1.98. The zero-order valence-corrected chi connectivity index (χ0v) is 13.9. The van der Waals surface area contributed by atoms with Crippen molar-refractivity contribution in [3.63, 3.8) is 0 Å². The Bertz CT molecular complexity index is 948. The van der Waals surface area contributed by atoms with E-state index in [4.69, 9.17) is 9.52 Å². The van der Waals surface area contributed by atoms with Gasteiger partial charge in [-0.1, -0.05) is 24.3 Å². The van der Waals surface area contributed by atoms with E-state index in [2.05, 4.69) is 4.98 Å². The highest BCUT2D eigenvalue weighted by molar-refractivity contribution is 7.90. The molecule has 1 atom stereocenters. The minimum atomic E-state index is -2.52. The maximum atomic E-state index is 11.6. The summed E-state index contributed by atoms with van der Waals surface area (Å²) in [5.74, 6) is 1.06. The third-order valence-electron chi connectivity index (χ3n) is 3.66. The Morgan fingerprint density at radius 2 is 1.87 bits per heavy atom. The molecule has 0 saturated heterocycles. The minimum Gasteiger partial charge on any atom is -0.497 e. The summed E-state index contributed by atoms with van der Waals surface area (Å²) in [6, 6.07) is 15.7. The Hall–Kier alpha value is -2.40. The average Bonchev–Trinajstić information content (AvgIpc) is 2.53. The topological polar surface area (TPSA) is 63.0 Å². The van der Waals surface area contributed by atoms with Gasteiger partial charge in [-0.15, -0.1) is 0 Å². The van der Waals surface area contributed by atoms with Gasteiger partial charge < -0.3 is 4.74 Å². The van der Waals surface area contributed by atoms with E-state index in [1.807, 2.05) is 48.5 Å². The smallest absolute Gasteiger partial charge is 0.121 e. The summed E-state index contributed by atoms with van der Waals surface area (Å²) in [7, 11) is -0.880. The molecule has 0 amide bonds. The molecular formula is C18H18N2O2S. The summed E-state index contributed by atoms with van der Waals surface area (Å²) >= 11 is 0. The minimum absolute atomic E-state index is 0.279. The number of nitrogens with one attached hydrogen (secondary N) is 1. The number of pyridine rings is 1. The number of hydrogen-bond acceptors (Lipinski definition) is 4. The second-order valence-electron chi connectivity index (χ2n) is 5.59. The van der Waals surface area contributed by atoms with Gasteiger partial charge >= 0.3 is 0 Å². The van der Waals surface area contributed by atoms with Crippen LogP contribution in [0.5, 0.6) is 5.75 Å². The van der Waals surface area contributed by atoms with Crippen molar-refractivity contribution < 1.29 is 8.95 Å². The van der Waals surface area contributed by atoms with E-state index in [1.54, 1.807) is 13.3 Å². The second kappa shape index (κ2) is 6.01. The van der Waals surface area contributed by atoms with Gasteiger partial charge in [-0.3, -0.25) is 9.76 Å². The molecule has 0 aliphatic carbocycles. The molecule has 23 heavy (non-hydrogen) atoms. The Morgan fingerprint density at radius 3 is 2.52 bits per heavy atom. The van der Waals surface area contributed by atoms with Crippen LogP contribution in [0.4, 0.5) is 0 Å². The lowest BCUT2D eigenvalue weighted by molar-refractivity contribution is 0.415. The monoisotopic (exact) mass is 326 g/mol. The van der Waals surface area contributed by atoms with E-state index >= 15 is 0 Å². The Kier molecular flexibility index (Phi) is 4.05. The standard InChI is InChI=1S/C18H18N2O2S/c1-22-15-7-8-17-16(9-10-20-18(17)11-15)14-5-3-13(4-6-14)12-23(2,19)21/h3-11,19H,12H2,1-2H3. The Labute approximate surface area is 136 Å². The van der Waals surface area contributed by atoms with Gasteiger partial charge in [0.05, 0.1) is 18.4 Å². The molecule has 0 aliphatic heterocycles. The molecule has 0 aliphatic rings. The van der Waals surface area contributed by atoms with E-state index in [1.165, 1.54) is 6.26 Å². The van der Waals surface area contributed by atoms with E-state index in [0.717, 1.165) is 33.3 Å². The third kappa shape index (κ3) is 3.51. The van der Waals surface area contributed by atoms with Crippen molar-refractivity contribution in [2.45, 2.75) is 5.75 Å². The fourth-order valence-corrected chi connectivity index (χ4v) is 3.43. The number of benzene rings is 2. The van der Waals surface area contributed by atoms with Crippen LogP contribution in [0, 0.1) is 4.78 Å². The van der Waals surface area contributed by atoms with E-state index in [0.29, 0.717) is 0 Å². The summed E-state index contributed by atoms with van der Waals surface area (Å²) in [6.45, 7) is 0. The number of nitrogens with zero attached hydrogens (tertiary/aromatic N) is 1.